The lowest BCUT2D eigenvalue weighted by Gasteiger charge is -2.42. The molecule has 0 bridgehead atoms. The van der Waals surface area contributed by atoms with Crippen molar-refractivity contribution in [1.29, 1.82) is 0 Å². The Kier molecular flexibility index (Phi) is 8.68. The molecule has 2 aromatic carbocycles. The van der Waals surface area contributed by atoms with Gasteiger partial charge in [-0.05, 0) is 61.9 Å². The van der Waals surface area contributed by atoms with Gasteiger partial charge in [0.15, 0.2) is 5.28 Å². The number of nitrogens with zero attached hydrogens (tertiary/aromatic N) is 5. The minimum absolute atomic E-state index is 0.149. The Morgan fingerprint density at radius 2 is 1.74 bits per heavy atom. The number of benzene rings is 2. The summed E-state index contributed by atoms with van der Waals surface area (Å²) in [6.07, 6.45) is -0.463. The van der Waals surface area contributed by atoms with Crippen molar-refractivity contribution < 1.29 is 22.9 Å². The molecule has 0 saturated carbocycles. The van der Waals surface area contributed by atoms with E-state index in [1.165, 1.54) is 16.3 Å². The van der Waals surface area contributed by atoms with Crippen LogP contribution in [0.25, 0.3) is 0 Å². The van der Waals surface area contributed by atoms with Crippen LogP contribution in [-0.4, -0.2) is 68.2 Å². The van der Waals surface area contributed by atoms with Crippen LogP contribution in [0.1, 0.15) is 37.6 Å². The van der Waals surface area contributed by atoms with Gasteiger partial charge in [0.25, 0.3) is 12.5 Å². The van der Waals surface area contributed by atoms with Crippen LogP contribution in [0.4, 0.5) is 5.69 Å². The second kappa shape index (κ2) is 11.5. The van der Waals surface area contributed by atoms with Gasteiger partial charge in [0.2, 0.25) is 10.0 Å². The number of sulfonamides is 1. The van der Waals surface area contributed by atoms with E-state index in [1.807, 2.05) is 31.2 Å². The summed E-state index contributed by atoms with van der Waals surface area (Å²) in [5.74, 6) is -0.539. The van der Waals surface area contributed by atoms with Gasteiger partial charge >= 0.3 is 0 Å². The van der Waals surface area contributed by atoms with Gasteiger partial charge in [0, 0.05) is 31.9 Å². The molecule has 10 nitrogen and oxygen atoms in total. The number of carbonyl (C=O) groups is 1. The van der Waals surface area contributed by atoms with Gasteiger partial charge < -0.3 is 19.8 Å². The Morgan fingerprint density at radius 1 is 1.11 bits per heavy atom. The number of hydrogen-bond acceptors (Lipinski definition) is 7. The van der Waals surface area contributed by atoms with Crippen LogP contribution < -0.4 is 4.90 Å². The zero-order chi connectivity index (χ0) is 25.6. The van der Waals surface area contributed by atoms with E-state index in [4.69, 9.17) is 0 Å². The lowest BCUT2D eigenvalue weighted by atomic mass is 10.1. The zero-order valence-corrected chi connectivity index (χ0v) is 21.4. The smallest absolute Gasteiger partial charge is 0.293 e. The van der Waals surface area contributed by atoms with E-state index in [1.54, 1.807) is 24.3 Å². The predicted octanol–water partition coefficient (Wildman–Crippen LogP) is 3.29. The standard InChI is InChI=1S/C24H33N5O5S/c1-5-26(6-2)21-12-10-20(11-13-21)24-27(23(30)18-29(31)25-34-4)16-7-17-28(24)35(32,33)22-14-8-19(3)9-15-22/h8-15,24H,5-7,16-18H2,1-4H3/b29-25-. The van der Waals surface area contributed by atoms with Crippen molar-refractivity contribution in [2.24, 2.45) is 5.28 Å². The Bertz CT molecular complexity index is 1130. The summed E-state index contributed by atoms with van der Waals surface area (Å²) in [5.41, 5.74) is 2.59. The monoisotopic (exact) mass is 503 g/mol. The Balaban J connectivity index is 2.05. The zero-order valence-electron chi connectivity index (χ0n) is 20.6. The first-order valence-corrected chi connectivity index (χ1v) is 13.1. The number of anilines is 1. The van der Waals surface area contributed by atoms with Gasteiger partial charge in [0.1, 0.15) is 13.3 Å². The number of hydroxylamine groups is 1. The molecule has 11 heteroatoms. The second-order valence-corrected chi connectivity index (χ2v) is 10.2. The Labute approximate surface area is 207 Å². The van der Waals surface area contributed by atoms with Crippen LogP contribution in [0, 0.1) is 12.1 Å². The Morgan fingerprint density at radius 3 is 2.31 bits per heavy atom. The molecule has 190 valence electrons. The fourth-order valence-corrected chi connectivity index (χ4v) is 5.89. The number of hydrogen-bond donors (Lipinski definition) is 0. The minimum Gasteiger partial charge on any atom is -0.597 e. The summed E-state index contributed by atoms with van der Waals surface area (Å²) < 4.78 is 28.8. The first-order valence-electron chi connectivity index (χ1n) is 11.6. The highest BCUT2D eigenvalue weighted by molar-refractivity contribution is 7.89. The van der Waals surface area contributed by atoms with Gasteiger partial charge in [-0.2, -0.15) is 4.31 Å². The van der Waals surface area contributed by atoms with Crippen LogP contribution in [0.2, 0.25) is 0 Å². The molecule has 0 spiro atoms. The highest BCUT2D eigenvalue weighted by Crippen LogP contribution is 2.35. The molecule has 1 amide bonds. The summed E-state index contributed by atoms with van der Waals surface area (Å²) in [7, 11) is -2.71. The number of rotatable bonds is 9. The largest absolute Gasteiger partial charge is 0.597 e. The normalized spacial score (nSPS) is 17.3. The van der Waals surface area contributed by atoms with Gasteiger partial charge in [-0.15, -0.1) is 0 Å². The van der Waals surface area contributed by atoms with Crippen molar-refractivity contribution in [3.8, 4) is 0 Å². The van der Waals surface area contributed by atoms with E-state index in [-0.39, 0.29) is 16.3 Å². The Hall–Kier alpha value is -3.18. The van der Waals surface area contributed by atoms with E-state index in [0.29, 0.717) is 18.5 Å². The van der Waals surface area contributed by atoms with E-state index < -0.39 is 28.6 Å². The molecule has 1 saturated heterocycles. The lowest BCUT2D eigenvalue weighted by molar-refractivity contribution is -0.547. The predicted molar refractivity (Wildman–Crippen MR) is 132 cm³/mol. The van der Waals surface area contributed by atoms with Crippen LogP contribution in [0.3, 0.4) is 0 Å². The molecule has 0 aliphatic carbocycles. The van der Waals surface area contributed by atoms with E-state index in [0.717, 1.165) is 24.3 Å². The van der Waals surface area contributed by atoms with Crippen molar-refractivity contribution in [2.75, 3.05) is 44.7 Å². The quantitative estimate of drug-likeness (QED) is 0.295. The van der Waals surface area contributed by atoms with Crippen LogP contribution >= 0.6 is 0 Å². The first-order chi connectivity index (χ1) is 16.7. The maximum absolute atomic E-state index is 13.7. The third kappa shape index (κ3) is 5.91. The van der Waals surface area contributed by atoms with E-state index in [2.05, 4.69) is 28.9 Å². The molecule has 2 aromatic rings. The molecule has 35 heavy (non-hydrogen) atoms. The van der Waals surface area contributed by atoms with Crippen molar-refractivity contribution >= 4 is 21.6 Å². The molecular formula is C24H33N5O5S. The average Bonchev–Trinajstić information content (AvgIpc) is 2.85. The number of carbonyl (C=O) groups excluding carboxylic acids is 1. The molecule has 1 atom stereocenters. The highest BCUT2D eigenvalue weighted by atomic mass is 32.2. The first kappa shape index (κ1) is 26.4. The van der Waals surface area contributed by atoms with Crippen molar-refractivity contribution in [3.63, 3.8) is 0 Å². The van der Waals surface area contributed by atoms with Crippen molar-refractivity contribution in [1.82, 2.24) is 9.21 Å². The van der Waals surface area contributed by atoms with Crippen molar-refractivity contribution in [2.45, 2.75) is 38.3 Å². The molecule has 0 aromatic heterocycles. The number of amides is 1. The van der Waals surface area contributed by atoms with E-state index >= 15 is 0 Å². The van der Waals surface area contributed by atoms with Crippen LogP contribution in [0.5, 0.6) is 0 Å². The molecule has 1 aliphatic heterocycles. The van der Waals surface area contributed by atoms with Gasteiger partial charge in [-0.1, -0.05) is 29.8 Å². The van der Waals surface area contributed by atoms with Gasteiger partial charge in [0.05, 0.1) is 4.90 Å². The molecule has 0 N–H and O–H groups in total. The highest BCUT2D eigenvalue weighted by Gasteiger charge is 2.41. The summed E-state index contributed by atoms with van der Waals surface area (Å²) in [4.78, 5) is 21.5. The maximum Gasteiger partial charge on any atom is 0.293 e. The summed E-state index contributed by atoms with van der Waals surface area (Å²) in [6.45, 7) is 7.65. The fourth-order valence-electron chi connectivity index (χ4n) is 4.27. The molecule has 1 aliphatic rings. The molecule has 1 unspecified atom stereocenters. The SMILES string of the molecule is CCN(CC)c1ccc(C2N(C(=O)C/[N+]([O-])=N/OC)CCCN2S(=O)(=O)c2ccc(C)cc2)cc1. The minimum atomic E-state index is -3.93. The van der Waals surface area contributed by atoms with E-state index in [9.17, 15) is 18.4 Å². The second-order valence-electron chi connectivity index (χ2n) is 8.28. The fraction of sp³-hybridized carbons (Fsp3) is 0.458. The summed E-state index contributed by atoms with van der Waals surface area (Å²) in [6, 6.07) is 14.2. The summed E-state index contributed by atoms with van der Waals surface area (Å²) in [5, 5.41) is 15.1. The third-order valence-corrected chi connectivity index (χ3v) is 7.92. The summed E-state index contributed by atoms with van der Waals surface area (Å²) >= 11 is 0. The number of aryl methyl sites for hydroxylation is 1. The van der Waals surface area contributed by atoms with Crippen molar-refractivity contribution in [3.05, 3.63) is 64.9 Å². The molecular weight excluding hydrogens is 470 g/mol. The lowest BCUT2D eigenvalue weighted by Crippen LogP contribution is -2.53. The molecule has 0 radical (unpaired) electrons. The van der Waals surface area contributed by atoms with Gasteiger partial charge in [-0.3, -0.25) is 4.79 Å². The average molecular weight is 504 g/mol. The van der Waals surface area contributed by atoms with Gasteiger partial charge in [-0.25, -0.2) is 8.42 Å². The molecule has 3 rings (SSSR count). The maximum atomic E-state index is 13.7. The van der Waals surface area contributed by atoms with Crippen LogP contribution in [-0.2, 0) is 19.7 Å². The molecule has 1 fully saturated rings. The molecule has 1 heterocycles. The van der Waals surface area contributed by atoms with Crippen LogP contribution in [0.15, 0.2) is 58.7 Å². The third-order valence-electron chi connectivity index (χ3n) is 6.06. The topological polar surface area (TPSA) is 109 Å².